The molecule has 2 aliphatic rings. The normalized spacial score (nSPS) is 22.2. The van der Waals surface area contributed by atoms with E-state index in [2.05, 4.69) is 15.3 Å². The Morgan fingerprint density at radius 2 is 2.00 bits per heavy atom. The molecule has 4 rings (SSSR count). The van der Waals surface area contributed by atoms with E-state index >= 15 is 0 Å². The number of nitrogens with zero attached hydrogens (tertiary/aromatic N) is 3. The van der Waals surface area contributed by atoms with Crippen LogP contribution in [-0.2, 0) is 0 Å². The van der Waals surface area contributed by atoms with Gasteiger partial charge in [0.05, 0.1) is 12.8 Å². The quantitative estimate of drug-likeness (QED) is 0.840. The summed E-state index contributed by atoms with van der Waals surface area (Å²) in [5, 5.41) is 7.76. The molecule has 2 atom stereocenters. The molecule has 3 heterocycles. The molecule has 29 heavy (non-hydrogen) atoms. The number of carbonyl (C=O) groups excluding carboxylic acids is 1. The third kappa shape index (κ3) is 4.17. The molecule has 0 spiro atoms. The number of methoxy groups -OCH3 is 1. The van der Waals surface area contributed by atoms with Gasteiger partial charge in [-0.15, -0.1) is 0 Å². The van der Waals surface area contributed by atoms with Crippen LogP contribution in [0.25, 0.3) is 5.69 Å². The first kappa shape index (κ1) is 20.0. The third-order valence-electron chi connectivity index (χ3n) is 6.43. The maximum atomic E-state index is 12.9. The van der Waals surface area contributed by atoms with Gasteiger partial charge in [0, 0.05) is 23.8 Å². The van der Waals surface area contributed by atoms with E-state index in [1.807, 2.05) is 42.8 Å². The third-order valence-corrected chi connectivity index (χ3v) is 6.43. The van der Waals surface area contributed by atoms with Crippen LogP contribution in [0.2, 0.25) is 0 Å². The fourth-order valence-electron chi connectivity index (χ4n) is 5.01. The number of hydrogen-bond donors (Lipinski definition) is 1. The topological polar surface area (TPSA) is 59.4 Å². The number of hydrogen-bond acceptors (Lipinski definition) is 4. The van der Waals surface area contributed by atoms with E-state index in [1.165, 1.54) is 45.2 Å². The molecule has 1 N–H and O–H groups in total. The zero-order valence-corrected chi connectivity index (χ0v) is 17.8. The summed E-state index contributed by atoms with van der Waals surface area (Å²) < 4.78 is 7.35. The summed E-state index contributed by atoms with van der Waals surface area (Å²) in [5.41, 5.74) is 3.39. The van der Waals surface area contributed by atoms with E-state index < -0.39 is 0 Å². The molecule has 1 amide bonds. The minimum atomic E-state index is -0.0247. The van der Waals surface area contributed by atoms with E-state index in [0.717, 1.165) is 23.6 Å². The Hall–Kier alpha value is -2.34. The molecule has 156 valence electrons. The summed E-state index contributed by atoms with van der Waals surface area (Å²) in [4.78, 5) is 15.6. The van der Waals surface area contributed by atoms with Gasteiger partial charge in [-0.1, -0.05) is 6.42 Å². The molecule has 2 aromatic rings. The molecule has 6 heteroatoms. The lowest BCUT2D eigenvalue weighted by molar-refractivity contribution is 0.0575. The monoisotopic (exact) mass is 396 g/mol. The number of nitrogens with one attached hydrogen (secondary N) is 1. The summed E-state index contributed by atoms with van der Waals surface area (Å²) in [6, 6.07) is 8.22. The first-order valence-corrected chi connectivity index (χ1v) is 10.8. The highest BCUT2D eigenvalue weighted by molar-refractivity contribution is 5.95. The SMILES string of the molecule is COc1ccc(C(=O)NCC2CCCN3CCCCC23)cc1-n1nc(C)cc1C. The van der Waals surface area contributed by atoms with Crippen molar-refractivity contribution in [3.8, 4) is 11.4 Å². The second-order valence-electron chi connectivity index (χ2n) is 8.44. The van der Waals surface area contributed by atoms with Gasteiger partial charge in [0.25, 0.3) is 5.91 Å². The maximum absolute atomic E-state index is 12.9. The highest BCUT2D eigenvalue weighted by Crippen LogP contribution is 2.30. The Balaban J connectivity index is 1.49. The van der Waals surface area contributed by atoms with E-state index in [0.29, 0.717) is 23.3 Å². The Morgan fingerprint density at radius 3 is 2.76 bits per heavy atom. The van der Waals surface area contributed by atoms with Gasteiger partial charge < -0.3 is 15.0 Å². The molecular weight excluding hydrogens is 364 g/mol. The van der Waals surface area contributed by atoms with E-state index in [1.54, 1.807) is 7.11 Å². The predicted molar refractivity (Wildman–Crippen MR) is 114 cm³/mol. The lowest BCUT2D eigenvalue weighted by atomic mass is 9.83. The van der Waals surface area contributed by atoms with E-state index in [4.69, 9.17) is 4.74 Å². The van der Waals surface area contributed by atoms with Gasteiger partial charge in [0.2, 0.25) is 0 Å². The Bertz CT molecular complexity index is 874. The number of rotatable bonds is 5. The van der Waals surface area contributed by atoms with Crippen molar-refractivity contribution in [3.63, 3.8) is 0 Å². The molecule has 1 aromatic heterocycles. The van der Waals surface area contributed by atoms with E-state index in [-0.39, 0.29) is 5.91 Å². The summed E-state index contributed by atoms with van der Waals surface area (Å²) in [6.07, 6.45) is 6.35. The van der Waals surface area contributed by atoms with Crippen LogP contribution in [0.5, 0.6) is 5.75 Å². The first-order chi connectivity index (χ1) is 14.1. The van der Waals surface area contributed by atoms with Crippen molar-refractivity contribution in [1.29, 1.82) is 0 Å². The summed E-state index contributed by atoms with van der Waals surface area (Å²) in [5.74, 6) is 1.24. The summed E-state index contributed by atoms with van der Waals surface area (Å²) in [6.45, 7) is 7.16. The second-order valence-corrected chi connectivity index (χ2v) is 8.44. The van der Waals surface area contributed by atoms with Crippen LogP contribution in [0.1, 0.15) is 53.8 Å². The Morgan fingerprint density at radius 1 is 1.17 bits per heavy atom. The summed E-state index contributed by atoms with van der Waals surface area (Å²) >= 11 is 0. The Labute approximate surface area is 173 Å². The van der Waals surface area contributed by atoms with Crippen LogP contribution in [0.3, 0.4) is 0 Å². The van der Waals surface area contributed by atoms with Gasteiger partial charge in [-0.05, 0) is 82.8 Å². The van der Waals surface area contributed by atoms with Crippen LogP contribution in [-0.4, -0.2) is 53.4 Å². The molecule has 2 aliphatic heterocycles. The van der Waals surface area contributed by atoms with Crippen LogP contribution in [0, 0.1) is 19.8 Å². The van der Waals surface area contributed by atoms with Crippen molar-refractivity contribution in [1.82, 2.24) is 20.0 Å². The minimum Gasteiger partial charge on any atom is -0.494 e. The van der Waals surface area contributed by atoms with Crippen LogP contribution >= 0.6 is 0 Å². The molecule has 0 bridgehead atoms. The van der Waals surface area contributed by atoms with Crippen molar-refractivity contribution in [2.45, 2.75) is 52.0 Å². The smallest absolute Gasteiger partial charge is 0.251 e. The zero-order chi connectivity index (χ0) is 20.4. The number of amides is 1. The van der Waals surface area contributed by atoms with E-state index in [9.17, 15) is 4.79 Å². The average Bonchev–Trinajstić information content (AvgIpc) is 3.09. The van der Waals surface area contributed by atoms with Crippen LogP contribution in [0.4, 0.5) is 0 Å². The van der Waals surface area contributed by atoms with Crippen molar-refractivity contribution in [2.24, 2.45) is 5.92 Å². The molecule has 0 radical (unpaired) electrons. The number of benzene rings is 1. The zero-order valence-electron chi connectivity index (χ0n) is 17.8. The molecule has 2 unspecified atom stereocenters. The highest BCUT2D eigenvalue weighted by Gasteiger charge is 2.33. The number of piperidine rings is 2. The summed E-state index contributed by atoms with van der Waals surface area (Å²) in [7, 11) is 1.64. The predicted octanol–water partition coefficient (Wildman–Crippen LogP) is 3.49. The van der Waals surface area contributed by atoms with Crippen LogP contribution < -0.4 is 10.1 Å². The van der Waals surface area contributed by atoms with Gasteiger partial charge >= 0.3 is 0 Å². The number of ether oxygens (including phenoxy) is 1. The molecule has 6 nitrogen and oxygen atoms in total. The fraction of sp³-hybridized carbons (Fsp3) is 0.565. The standard InChI is InChI=1S/C23H32N4O2/c1-16-13-17(2)27(25-16)21-14-18(9-10-22(21)29-3)23(28)24-15-19-7-6-12-26-11-5-4-8-20(19)26/h9-10,13-14,19-20H,4-8,11-12,15H2,1-3H3,(H,24,28). The lowest BCUT2D eigenvalue weighted by Gasteiger charge is -2.44. The average molecular weight is 397 g/mol. The number of fused-ring (bicyclic) bond motifs is 1. The van der Waals surface area contributed by atoms with Crippen molar-refractivity contribution < 1.29 is 9.53 Å². The molecule has 0 aliphatic carbocycles. The number of carbonyl (C=O) groups is 1. The molecule has 2 saturated heterocycles. The number of aryl methyl sites for hydroxylation is 2. The molecule has 1 aromatic carbocycles. The van der Waals surface area contributed by atoms with Gasteiger partial charge in [0.1, 0.15) is 11.4 Å². The lowest BCUT2D eigenvalue weighted by Crippen LogP contribution is -2.51. The highest BCUT2D eigenvalue weighted by atomic mass is 16.5. The maximum Gasteiger partial charge on any atom is 0.251 e. The van der Waals surface area contributed by atoms with Gasteiger partial charge in [-0.3, -0.25) is 4.79 Å². The largest absolute Gasteiger partial charge is 0.494 e. The second kappa shape index (κ2) is 8.57. The van der Waals surface area contributed by atoms with Crippen molar-refractivity contribution >= 4 is 5.91 Å². The van der Waals surface area contributed by atoms with Crippen molar-refractivity contribution in [3.05, 3.63) is 41.2 Å². The molecular formula is C23H32N4O2. The first-order valence-electron chi connectivity index (χ1n) is 10.8. The molecule has 2 fully saturated rings. The van der Waals surface area contributed by atoms with Gasteiger partial charge in [-0.2, -0.15) is 5.10 Å². The van der Waals surface area contributed by atoms with Gasteiger partial charge in [-0.25, -0.2) is 4.68 Å². The Kier molecular flexibility index (Phi) is 5.90. The molecule has 0 saturated carbocycles. The van der Waals surface area contributed by atoms with Crippen LogP contribution in [0.15, 0.2) is 24.3 Å². The van der Waals surface area contributed by atoms with Gasteiger partial charge in [0.15, 0.2) is 0 Å². The number of aromatic nitrogens is 2. The minimum absolute atomic E-state index is 0.0247. The fourth-order valence-corrected chi connectivity index (χ4v) is 5.01. The van der Waals surface area contributed by atoms with Crippen molar-refractivity contribution in [2.75, 3.05) is 26.7 Å².